The molecule has 1 aromatic rings. The second kappa shape index (κ2) is 6.25. The van der Waals surface area contributed by atoms with Gasteiger partial charge in [-0.25, -0.2) is 0 Å². The Morgan fingerprint density at radius 1 is 1.22 bits per heavy atom. The van der Waals surface area contributed by atoms with Gasteiger partial charge < -0.3 is 10.1 Å². The monoisotopic (exact) mass is 314 g/mol. The van der Waals surface area contributed by atoms with E-state index in [2.05, 4.69) is 34.5 Å². The molecule has 2 atom stereocenters. The zero-order chi connectivity index (χ0) is 15.8. The second-order valence-corrected chi connectivity index (χ2v) is 7.39. The van der Waals surface area contributed by atoms with Crippen molar-refractivity contribution in [2.75, 3.05) is 26.8 Å². The second-order valence-electron chi connectivity index (χ2n) is 7.39. The molecule has 124 valence electrons. The summed E-state index contributed by atoms with van der Waals surface area (Å²) in [5, 5.41) is 3.22. The van der Waals surface area contributed by atoms with Gasteiger partial charge >= 0.3 is 0 Å². The van der Waals surface area contributed by atoms with Gasteiger partial charge in [0.15, 0.2) is 0 Å². The van der Waals surface area contributed by atoms with Gasteiger partial charge in [0.2, 0.25) is 5.91 Å². The zero-order valence-electron chi connectivity index (χ0n) is 13.8. The highest BCUT2D eigenvalue weighted by Gasteiger charge is 2.45. The number of nitrogens with one attached hydrogen (secondary N) is 1. The largest absolute Gasteiger partial charge is 0.375 e. The molecule has 0 bridgehead atoms. The molecular weight excluding hydrogens is 288 g/mol. The Labute approximate surface area is 138 Å². The molecule has 23 heavy (non-hydrogen) atoms. The lowest BCUT2D eigenvalue weighted by Gasteiger charge is -2.23. The highest BCUT2D eigenvalue weighted by atomic mass is 16.5. The molecule has 0 unspecified atom stereocenters. The van der Waals surface area contributed by atoms with E-state index in [9.17, 15) is 4.79 Å². The Balaban J connectivity index is 1.42. The van der Waals surface area contributed by atoms with E-state index in [0.29, 0.717) is 18.0 Å². The quantitative estimate of drug-likeness (QED) is 0.898. The SMILES string of the molecule is COCC(=O)N[C@@H]1CN(C2Cc3ccccc3C2)C[C@H]1C1CC1. The first-order chi connectivity index (χ1) is 11.2. The van der Waals surface area contributed by atoms with Gasteiger partial charge in [0, 0.05) is 32.3 Å². The van der Waals surface area contributed by atoms with Crippen molar-refractivity contribution >= 4 is 5.91 Å². The van der Waals surface area contributed by atoms with Crippen molar-refractivity contribution in [1.82, 2.24) is 10.2 Å². The van der Waals surface area contributed by atoms with Crippen molar-refractivity contribution < 1.29 is 9.53 Å². The first-order valence-corrected chi connectivity index (χ1v) is 8.83. The smallest absolute Gasteiger partial charge is 0.246 e. The lowest BCUT2D eigenvalue weighted by Crippen LogP contribution is -2.43. The minimum atomic E-state index is 0.0275. The molecule has 1 aromatic carbocycles. The third kappa shape index (κ3) is 3.15. The maximum absolute atomic E-state index is 11.9. The van der Waals surface area contributed by atoms with Crippen LogP contribution in [0, 0.1) is 11.8 Å². The van der Waals surface area contributed by atoms with E-state index in [1.165, 1.54) is 24.0 Å². The maximum atomic E-state index is 11.9. The summed E-state index contributed by atoms with van der Waals surface area (Å²) >= 11 is 0. The molecule has 1 amide bonds. The van der Waals surface area contributed by atoms with Crippen molar-refractivity contribution in [3.05, 3.63) is 35.4 Å². The molecule has 3 aliphatic rings. The maximum Gasteiger partial charge on any atom is 0.246 e. The van der Waals surface area contributed by atoms with Crippen LogP contribution in [0.25, 0.3) is 0 Å². The van der Waals surface area contributed by atoms with Crippen molar-refractivity contribution in [2.24, 2.45) is 11.8 Å². The van der Waals surface area contributed by atoms with Gasteiger partial charge in [-0.2, -0.15) is 0 Å². The highest BCUT2D eigenvalue weighted by Crippen LogP contribution is 2.42. The topological polar surface area (TPSA) is 41.6 Å². The molecule has 4 nitrogen and oxygen atoms in total. The average molecular weight is 314 g/mol. The van der Waals surface area contributed by atoms with Crippen LogP contribution in [0.5, 0.6) is 0 Å². The fourth-order valence-electron chi connectivity index (χ4n) is 4.49. The molecule has 1 saturated carbocycles. The molecular formula is C19H26N2O2. The average Bonchev–Trinajstić information content (AvgIpc) is 3.15. The van der Waals surface area contributed by atoms with Gasteiger partial charge in [0.25, 0.3) is 0 Å². The van der Waals surface area contributed by atoms with E-state index in [1.54, 1.807) is 7.11 Å². The van der Waals surface area contributed by atoms with Crippen LogP contribution in [0.4, 0.5) is 0 Å². The van der Waals surface area contributed by atoms with Crippen molar-refractivity contribution in [1.29, 1.82) is 0 Å². The fraction of sp³-hybridized carbons (Fsp3) is 0.632. The number of nitrogens with zero attached hydrogens (tertiary/aromatic N) is 1. The Hall–Kier alpha value is -1.39. The van der Waals surface area contributed by atoms with E-state index >= 15 is 0 Å². The van der Waals surface area contributed by atoms with Crippen LogP contribution in [-0.4, -0.2) is 49.7 Å². The lowest BCUT2D eigenvalue weighted by atomic mass is 9.98. The summed E-state index contributed by atoms with van der Waals surface area (Å²) in [5.74, 6) is 1.47. The molecule has 1 aliphatic heterocycles. The number of amides is 1. The van der Waals surface area contributed by atoms with E-state index in [0.717, 1.165) is 31.8 Å². The van der Waals surface area contributed by atoms with Crippen molar-refractivity contribution in [3.63, 3.8) is 0 Å². The fourth-order valence-corrected chi connectivity index (χ4v) is 4.49. The lowest BCUT2D eigenvalue weighted by molar-refractivity contribution is -0.125. The summed E-state index contributed by atoms with van der Waals surface area (Å²) < 4.78 is 4.97. The van der Waals surface area contributed by atoms with Crippen LogP contribution >= 0.6 is 0 Å². The summed E-state index contributed by atoms with van der Waals surface area (Å²) in [7, 11) is 1.58. The first-order valence-electron chi connectivity index (χ1n) is 8.83. The van der Waals surface area contributed by atoms with Gasteiger partial charge in [-0.3, -0.25) is 9.69 Å². The molecule has 4 heteroatoms. The summed E-state index contributed by atoms with van der Waals surface area (Å²) in [6.45, 7) is 2.30. The third-order valence-corrected chi connectivity index (χ3v) is 5.79. The Morgan fingerprint density at radius 3 is 2.52 bits per heavy atom. The van der Waals surface area contributed by atoms with Gasteiger partial charge in [-0.05, 0) is 48.6 Å². The number of benzene rings is 1. The number of carbonyl (C=O) groups excluding carboxylic acids is 1. The standard InChI is InChI=1S/C19H26N2O2/c1-23-12-19(22)20-18-11-21(10-17(18)13-6-7-13)16-8-14-4-2-3-5-15(14)9-16/h2-5,13,16-18H,6-12H2,1H3,(H,20,22)/t17-,18+/m0/s1. The number of methoxy groups -OCH3 is 1. The molecule has 4 rings (SSSR count). The van der Waals surface area contributed by atoms with Crippen LogP contribution < -0.4 is 5.32 Å². The summed E-state index contributed by atoms with van der Waals surface area (Å²) in [6.07, 6.45) is 4.98. The van der Waals surface area contributed by atoms with Crippen LogP contribution in [0.15, 0.2) is 24.3 Å². The molecule has 2 aliphatic carbocycles. The highest BCUT2D eigenvalue weighted by molar-refractivity contribution is 5.77. The van der Waals surface area contributed by atoms with E-state index in [-0.39, 0.29) is 12.5 Å². The van der Waals surface area contributed by atoms with E-state index in [1.807, 2.05) is 0 Å². The first kappa shape index (κ1) is 15.2. The predicted molar refractivity (Wildman–Crippen MR) is 89.2 cm³/mol. The van der Waals surface area contributed by atoms with Gasteiger partial charge in [-0.15, -0.1) is 0 Å². The Bertz CT molecular complexity index is 559. The Kier molecular flexibility index (Phi) is 4.12. The number of hydrogen-bond acceptors (Lipinski definition) is 3. The molecule has 0 aromatic heterocycles. The number of hydrogen-bond donors (Lipinski definition) is 1. The van der Waals surface area contributed by atoms with Crippen molar-refractivity contribution in [3.8, 4) is 0 Å². The third-order valence-electron chi connectivity index (χ3n) is 5.79. The normalized spacial score (nSPS) is 28.0. The molecule has 1 saturated heterocycles. The summed E-state index contributed by atoms with van der Waals surface area (Å²) in [4.78, 5) is 14.6. The van der Waals surface area contributed by atoms with Gasteiger partial charge in [0.1, 0.15) is 6.61 Å². The molecule has 1 N–H and O–H groups in total. The predicted octanol–water partition coefficient (Wildman–Crippen LogP) is 1.63. The van der Waals surface area contributed by atoms with E-state index < -0.39 is 0 Å². The summed E-state index contributed by atoms with van der Waals surface area (Å²) in [6, 6.07) is 9.73. The number of ether oxygens (including phenoxy) is 1. The van der Waals surface area contributed by atoms with Crippen LogP contribution in [0.1, 0.15) is 24.0 Å². The van der Waals surface area contributed by atoms with E-state index in [4.69, 9.17) is 4.74 Å². The molecule has 1 heterocycles. The van der Waals surface area contributed by atoms with Crippen LogP contribution in [-0.2, 0) is 22.4 Å². The number of carbonyl (C=O) groups is 1. The van der Waals surface area contributed by atoms with Gasteiger partial charge in [0.05, 0.1) is 0 Å². The number of rotatable bonds is 5. The van der Waals surface area contributed by atoms with Crippen molar-refractivity contribution in [2.45, 2.75) is 37.8 Å². The zero-order valence-corrected chi connectivity index (χ0v) is 13.8. The van der Waals surface area contributed by atoms with Crippen LogP contribution in [0.2, 0.25) is 0 Å². The number of fused-ring (bicyclic) bond motifs is 1. The van der Waals surface area contributed by atoms with Gasteiger partial charge in [-0.1, -0.05) is 24.3 Å². The van der Waals surface area contributed by atoms with Crippen LogP contribution in [0.3, 0.4) is 0 Å². The Morgan fingerprint density at radius 2 is 1.91 bits per heavy atom. The minimum Gasteiger partial charge on any atom is -0.375 e. The number of likely N-dealkylation sites (tertiary alicyclic amines) is 1. The molecule has 0 spiro atoms. The molecule has 0 radical (unpaired) electrons. The minimum absolute atomic E-state index is 0.0275. The summed E-state index contributed by atoms with van der Waals surface area (Å²) in [5.41, 5.74) is 3.01. The molecule has 2 fully saturated rings.